The molecule has 0 aromatic heterocycles. The number of nitrogens with one attached hydrogen (secondary N) is 2. The van der Waals surface area contributed by atoms with Gasteiger partial charge in [-0.25, -0.2) is 4.79 Å². The highest BCUT2D eigenvalue weighted by Gasteiger charge is 2.21. The van der Waals surface area contributed by atoms with E-state index in [0.717, 1.165) is 43.9 Å². The maximum absolute atomic E-state index is 12.1. The molecule has 20 heavy (non-hydrogen) atoms. The van der Waals surface area contributed by atoms with Gasteiger partial charge in [0, 0.05) is 24.8 Å². The number of carbonyl (C=O) groups excluding carboxylic acids is 1. The minimum absolute atomic E-state index is 0.0230. The fourth-order valence-electron chi connectivity index (χ4n) is 2.45. The Morgan fingerprint density at radius 2 is 1.95 bits per heavy atom. The zero-order valence-corrected chi connectivity index (χ0v) is 12.2. The van der Waals surface area contributed by atoms with E-state index in [2.05, 4.69) is 17.6 Å². The summed E-state index contributed by atoms with van der Waals surface area (Å²) in [5.41, 5.74) is 0.796. The van der Waals surface area contributed by atoms with E-state index in [9.17, 15) is 4.79 Å². The molecule has 2 amide bonds. The van der Waals surface area contributed by atoms with Gasteiger partial charge in [0.2, 0.25) is 0 Å². The largest absolute Gasteiger partial charge is 0.497 e. The van der Waals surface area contributed by atoms with Crippen LogP contribution >= 0.6 is 0 Å². The quantitative estimate of drug-likeness (QED) is 0.888. The van der Waals surface area contributed by atoms with Crippen molar-refractivity contribution in [3.8, 4) is 5.75 Å². The van der Waals surface area contributed by atoms with E-state index in [4.69, 9.17) is 4.74 Å². The zero-order valence-electron chi connectivity index (χ0n) is 12.2. The molecule has 0 unspecified atom stereocenters. The number of benzene rings is 1. The lowest BCUT2D eigenvalue weighted by molar-refractivity contribution is 0.189. The summed E-state index contributed by atoms with van der Waals surface area (Å²) in [6, 6.07) is 7.90. The summed E-state index contributed by atoms with van der Waals surface area (Å²) < 4.78 is 5.10. The molecule has 1 aliphatic rings. The topological polar surface area (TPSA) is 53.6 Å². The Bertz CT molecular complexity index is 425. The van der Waals surface area contributed by atoms with E-state index < -0.39 is 0 Å². The first kappa shape index (κ1) is 14.7. The minimum atomic E-state index is -0.0230. The lowest BCUT2D eigenvalue weighted by Gasteiger charge is -2.32. The first-order valence-corrected chi connectivity index (χ1v) is 7.16. The molecule has 0 spiro atoms. The number of likely N-dealkylation sites (tertiary alicyclic amines) is 1. The number of rotatable bonds is 4. The van der Waals surface area contributed by atoms with E-state index in [-0.39, 0.29) is 6.03 Å². The third-order valence-corrected chi connectivity index (χ3v) is 3.62. The summed E-state index contributed by atoms with van der Waals surface area (Å²) >= 11 is 0. The van der Waals surface area contributed by atoms with Crippen LogP contribution < -0.4 is 15.4 Å². The van der Waals surface area contributed by atoms with Crippen molar-refractivity contribution in [1.29, 1.82) is 0 Å². The van der Waals surface area contributed by atoms with E-state index in [0.29, 0.717) is 6.04 Å². The van der Waals surface area contributed by atoms with Crippen LogP contribution in [0, 0.1) is 0 Å². The van der Waals surface area contributed by atoms with Crippen molar-refractivity contribution in [3.63, 3.8) is 0 Å². The number of hydrogen-bond donors (Lipinski definition) is 2. The molecule has 1 saturated heterocycles. The van der Waals surface area contributed by atoms with E-state index >= 15 is 0 Å². The molecule has 0 atom stereocenters. The van der Waals surface area contributed by atoms with Crippen LogP contribution in [-0.4, -0.2) is 43.7 Å². The number of amides is 2. The van der Waals surface area contributed by atoms with Gasteiger partial charge in [-0.3, -0.25) is 0 Å². The molecule has 1 aromatic rings. The van der Waals surface area contributed by atoms with E-state index in [1.165, 1.54) is 0 Å². The summed E-state index contributed by atoms with van der Waals surface area (Å²) in [5.74, 6) is 0.787. The van der Waals surface area contributed by atoms with Gasteiger partial charge in [-0.05, 0) is 43.7 Å². The van der Waals surface area contributed by atoms with Gasteiger partial charge in [-0.15, -0.1) is 0 Å². The summed E-state index contributed by atoms with van der Waals surface area (Å²) in [6.07, 6.45) is 2.04. The molecule has 2 rings (SSSR count). The molecule has 110 valence electrons. The van der Waals surface area contributed by atoms with Crippen LogP contribution in [0.2, 0.25) is 0 Å². The van der Waals surface area contributed by atoms with E-state index in [1.54, 1.807) is 7.11 Å². The van der Waals surface area contributed by atoms with Gasteiger partial charge in [0.25, 0.3) is 0 Å². The first-order valence-electron chi connectivity index (χ1n) is 7.16. The van der Waals surface area contributed by atoms with Gasteiger partial charge in [0.05, 0.1) is 7.11 Å². The third-order valence-electron chi connectivity index (χ3n) is 3.62. The van der Waals surface area contributed by atoms with Crippen molar-refractivity contribution in [2.45, 2.75) is 25.8 Å². The van der Waals surface area contributed by atoms with Gasteiger partial charge >= 0.3 is 6.03 Å². The smallest absolute Gasteiger partial charge is 0.321 e. The molecule has 5 nitrogen and oxygen atoms in total. The molecule has 1 heterocycles. The number of ether oxygens (including phenoxy) is 1. The molecule has 0 radical (unpaired) electrons. The standard InChI is InChI=1S/C15H23N3O2/c1-3-16-12-8-10-18(11-9-12)15(19)17-13-4-6-14(20-2)7-5-13/h4-7,12,16H,3,8-11H2,1-2H3,(H,17,19). The van der Waals surface area contributed by atoms with Gasteiger partial charge < -0.3 is 20.3 Å². The van der Waals surface area contributed by atoms with Gasteiger partial charge in [-0.1, -0.05) is 6.92 Å². The lowest BCUT2D eigenvalue weighted by Crippen LogP contribution is -2.46. The van der Waals surface area contributed by atoms with Gasteiger partial charge in [-0.2, -0.15) is 0 Å². The average Bonchev–Trinajstić information content (AvgIpc) is 2.49. The number of anilines is 1. The molecule has 0 aliphatic carbocycles. The highest BCUT2D eigenvalue weighted by atomic mass is 16.5. The molecular formula is C15H23N3O2. The van der Waals surface area contributed by atoms with Crippen molar-refractivity contribution in [1.82, 2.24) is 10.2 Å². The van der Waals surface area contributed by atoms with Crippen LogP contribution in [0.1, 0.15) is 19.8 Å². The minimum Gasteiger partial charge on any atom is -0.497 e. The number of carbonyl (C=O) groups is 1. The van der Waals surface area contributed by atoms with Crippen LogP contribution in [0.4, 0.5) is 10.5 Å². The first-order chi connectivity index (χ1) is 9.72. The number of hydrogen-bond acceptors (Lipinski definition) is 3. The SMILES string of the molecule is CCNC1CCN(C(=O)Nc2ccc(OC)cc2)CC1. The van der Waals surface area contributed by atoms with Gasteiger partial charge in [0.1, 0.15) is 5.75 Å². The molecule has 1 aliphatic heterocycles. The van der Waals surface area contributed by atoms with Crippen LogP contribution in [-0.2, 0) is 0 Å². The lowest BCUT2D eigenvalue weighted by atomic mass is 10.1. The maximum Gasteiger partial charge on any atom is 0.321 e. The number of methoxy groups -OCH3 is 1. The summed E-state index contributed by atoms with van der Waals surface area (Å²) in [5, 5.41) is 6.35. The summed E-state index contributed by atoms with van der Waals surface area (Å²) in [4.78, 5) is 14.0. The van der Waals surface area contributed by atoms with E-state index in [1.807, 2.05) is 29.2 Å². The second-order valence-electron chi connectivity index (χ2n) is 4.98. The fourth-order valence-corrected chi connectivity index (χ4v) is 2.45. The van der Waals surface area contributed by atoms with Crippen LogP contribution in [0.5, 0.6) is 5.75 Å². The zero-order chi connectivity index (χ0) is 14.4. The highest BCUT2D eigenvalue weighted by molar-refractivity contribution is 5.89. The van der Waals surface area contributed by atoms with Gasteiger partial charge in [0.15, 0.2) is 0 Å². The Hall–Kier alpha value is -1.75. The number of nitrogens with zero attached hydrogens (tertiary/aromatic N) is 1. The molecule has 5 heteroatoms. The second-order valence-corrected chi connectivity index (χ2v) is 4.98. The Morgan fingerprint density at radius 3 is 2.50 bits per heavy atom. The fraction of sp³-hybridized carbons (Fsp3) is 0.533. The maximum atomic E-state index is 12.1. The second kappa shape index (κ2) is 7.14. The normalized spacial score (nSPS) is 16.0. The third kappa shape index (κ3) is 3.87. The number of urea groups is 1. The van der Waals surface area contributed by atoms with Crippen molar-refractivity contribution in [2.24, 2.45) is 0 Å². The van der Waals surface area contributed by atoms with Crippen LogP contribution in [0.15, 0.2) is 24.3 Å². The molecule has 0 saturated carbocycles. The van der Waals surface area contributed by atoms with Crippen molar-refractivity contribution in [3.05, 3.63) is 24.3 Å². The molecule has 0 bridgehead atoms. The monoisotopic (exact) mass is 277 g/mol. The molecular weight excluding hydrogens is 254 g/mol. The van der Waals surface area contributed by atoms with Crippen molar-refractivity contribution in [2.75, 3.05) is 32.1 Å². The Kier molecular flexibility index (Phi) is 5.24. The Balaban J connectivity index is 1.83. The van der Waals surface area contributed by atoms with Crippen molar-refractivity contribution < 1.29 is 9.53 Å². The van der Waals surface area contributed by atoms with Crippen LogP contribution in [0.3, 0.4) is 0 Å². The Labute approximate surface area is 120 Å². The predicted octanol–water partition coefficient (Wildman–Crippen LogP) is 2.30. The molecule has 1 fully saturated rings. The molecule has 2 N–H and O–H groups in total. The highest BCUT2D eigenvalue weighted by Crippen LogP contribution is 2.17. The summed E-state index contributed by atoms with van der Waals surface area (Å²) in [7, 11) is 1.63. The predicted molar refractivity (Wildman–Crippen MR) is 80.3 cm³/mol. The summed E-state index contributed by atoms with van der Waals surface area (Å²) in [6.45, 7) is 4.71. The average molecular weight is 277 g/mol. The molecule has 1 aromatic carbocycles. The van der Waals surface area contributed by atoms with Crippen molar-refractivity contribution >= 4 is 11.7 Å². The number of piperidine rings is 1. The Morgan fingerprint density at radius 1 is 1.30 bits per heavy atom. The van der Waals surface area contributed by atoms with Crippen LogP contribution in [0.25, 0.3) is 0 Å².